The highest BCUT2D eigenvalue weighted by molar-refractivity contribution is 5.95. The highest BCUT2D eigenvalue weighted by Gasteiger charge is 2.48. The van der Waals surface area contributed by atoms with Gasteiger partial charge in [-0.1, -0.05) is 13.3 Å². The molecule has 1 aliphatic heterocycles. The van der Waals surface area contributed by atoms with Gasteiger partial charge < -0.3 is 10.2 Å². The fourth-order valence-corrected chi connectivity index (χ4v) is 3.24. The van der Waals surface area contributed by atoms with Gasteiger partial charge in [0, 0.05) is 6.04 Å². The molecule has 1 saturated heterocycles. The first kappa shape index (κ1) is 12.0. The molecule has 3 fully saturated rings. The van der Waals surface area contributed by atoms with Gasteiger partial charge in [-0.2, -0.15) is 0 Å². The van der Waals surface area contributed by atoms with E-state index >= 15 is 0 Å². The van der Waals surface area contributed by atoms with Crippen LogP contribution in [0.15, 0.2) is 0 Å². The third-order valence-corrected chi connectivity index (χ3v) is 4.38. The monoisotopic (exact) mass is 250 g/mol. The van der Waals surface area contributed by atoms with Gasteiger partial charge in [0.1, 0.15) is 6.04 Å². The molecule has 1 heterocycles. The highest BCUT2D eigenvalue weighted by atomic mass is 16.2. The van der Waals surface area contributed by atoms with Gasteiger partial charge in [-0.15, -0.1) is 0 Å². The van der Waals surface area contributed by atoms with E-state index in [2.05, 4.69) is 12.2 Å². The third-order valence-electron chi connectivity index (χ3n) is 4.38. The Hall–Kier alpha value is -1.06. The maximum Gasteiger partial charge on any atom is 0.245 e. The van der Waals surface area contributed by atoms with Crippen molar-refractivity contribution in [2.75, 3.05) is 6.54 Å². The number of nitrogens with zero attached hydrogens (tertiary/aromatic N) is 1. The largest absolute Gasteiger partial charge is 0.343 e. The summed E-state index contributed by atoms with van der Waals surface area (Å²) in [7, 11) is 0. The Morgan fingerprint density at radius 2 is 1.83 bits per heavy atom. The van der Waals surface area contributed by atoms with Crippen molar-refractivity contribution < 1.29 is 9.59 Å². The van der Waals surface area contributed by atoms with Crippen LogP contribution in [-0.4, -0.2) is 35.3 Å². The average molecular weight is 250 g/mol. The van der Waals surface area contributed by atoms with Crippen molar-refractivity contribution in [2.45, 2.75) is 57.5 Å². The lowest BCUT2D eigenvalue weighted by Crippen LogP contribution is -2.61. The van der Waals surface area contributed by atoms with Crippen LogP contribution in [0, 0.1) is 11.8 Å². The lowest BCUT2D eigenvalue weighted by Gasteiger charge is -2.38. The van der Waals surface area contributed by atoms with Crippen LogP contribution in [-0.2, 0) is 9.59 Å². The second-order valence-corrected chi connectivity index (χ2v) is 6.04. The molecule has 2 saturated carbocycles. The SMILES string of the molecule is CCCC1NC(=O)CN(C(C2CC2)C2CC2)C1=O. The van der Waals surface area contributed by atoms with E-state index in [1.54, 1.807) is 0 Å². The Balaban J connectivity index is 1.75. The van der Waals surface area contributed by atoms with Crippen molar-refractivity contribution in [3.8, 4) is 0 Å². The summed E-state index contributed by atoms with van der Waals surface area (Å²) in [5, 5.41) is 2.84. The number of carbonyl (C=O) groups is 2. The van der Waals surface area contributed by atoms with Gasteiger partial charge in [0.05, 0.1) is 6.54 Å². The maximum atomic E-state index is 12.5. The zero-order valence-electron chi connectivity index (χ0n) is 11.0. The normalized spacial score (nSPS) is 28.8. The molecule has 0 aromatic carbocycles. The first-order chi connectivity index (χ1) is 8.70. The van der Waals surface area contributed by atoms with E-state index in [0.717, 1.165) is 12.8 Å². The number of carbonyl (C=O) groups excluding carboxylic acids is 2. The van der Waals surface area contributed by atoms with Crippen LogP contribution >= 0.6 is 0 Å². The van der Waals surface area contributed by atoms with E-state index in [0.29, 0.717) is 17.9 Å². The van der Waals surface area contributed by atoms with Crippen molar-refractivity contribution in [3.05, 3.63) is 0 Å². The number of amides is 2. The van der Waals surface area contributed by atoms with Crippen LogP contribution in [0.3, 0.4) is 0 Å². The number of piperazine rings is 1. The van der Waals surface area contributed by atoms with Crippen molar-refractivity contribution in [2.24, 2.45) is 11.8 Å². The molecule has 0 radical (unpaired) electrons. The molecule has 1 atom stereocenters. The second-order valence-electron chi connectivity index (χ2n) is 6.04. The summed E-state index contributed by atoms with van der Waals surface area (Å²) in [6.45, 7) is 2.34. The number of hydrogen-bond donors (Lipinski definition) is 1. The van der Waals surface area contributed by atoms with Crippen molar-refractivity contribution >= 4 is 11.8 Å². The van der Waals surface area contributed by atoms with Crippen LogP contribution in [0.1, 0.15) is 45.4 Å². The van der Waals surface area contributed by atoms with E-state index in [-0.39, 0.29) is 24.4 Å². The van der Waals surface area contributed by atoms with Gasteiger partial charge in [-0.25, -0.2) is 0 Å². The van der Waals surface area contributed by atoms with E-state index in [9.17, 15) is 9.59 Å². The predicted molar refractivity (Wildman–Crippen MR) is 67.8 cm³/mol. The molecule has 1 N–H and O–H groups in total. The molecule has 0 aromatic rings. The van der Waals surface area contributed by atoms with Crippen LogP contribution < -0.4 is 5.32 Å². The molecule has 4 heteroatoms. The quantitative estimate of drug-likeness (QED) is 0.799. The van der Waals surface area contributed by atoms with E-state index < -0.39 is 0 Å². The van der Waals surface area contributed by atoms with Crippen LogP contribution in [0.4, 0.5) is 0 Å². The van der Waals surface area contributed by atoms with Crippen molar-refractivity contribution in [1.29, 1.82) is 0 Å². The van der Waals surface area contributed by atoms with E-state index in [1.165, 1.54) is 25.7 Å². The summed E-state index contributed by atoms with van der Waals surface area (Å²) in [6.07, 6.45) is 6.66. The summed E-state index contributed by atoms with van der Waals surface area (Å²) >= 11 is 0. The first-order valence-electron chi connectivity index (χ1n) is 7.30. The van der Waals surface area contributed by atoms with Gasteiger partial charge in [0.2, 0.25) is 11.8 Å². The lowest BCUT2D eigenvalue weighted by molar-refractivity contribution is -0.147. The lowest BCUT2D eigenvalue weighted by atomic mass is 10.0. The minimum absolute atomic E-state index is 0.0272. The Morgan fingerprint density at radius 1 is 1.22 bits per heavy atom. The van der Waals surface area contributed by atoms with Gasteiger partial charge >= 0.3 is 0 Å². The van der Waals surface area contributed by atoms with Gasteiger partial charge in [-0.3, -0.25) is 9.59 Å². The highest BCUT2D eigenvalue weighted by Crippen LogP contribution is 2.47. The summed E-state index contributed by atoms with van der Waals surface area (Å²) in [5.74, 6) is 1.55. The van der Waals surface area contributed by atoms with Crippen LogP contribution in [0.25, 0.3) is 0 Å². The molecule has 0 bridgehead atoms. The molecule has 1 unspecified atom stereocenters. The van der Waals surface area contributed by atoms with Crippen LogP contribution in [0.5, 0.6) is 0 Å². The minimum atomic E-state index is -0.267. The second kappa shape index (κ2) is 4.56. The predicted octanol–water partition coefficient (Wildman–Crippen LogP) is 1.30. The average Bonchev–Trinajstić information content (AvgIpc) is 3.19. The van der Waals surface area contributed by atoms with Crippen molar-refractivity contribution in [1.82, 2.24) is 10.2 Å². The Kier molecular flexibility index (Phi) is 3.04. The van der Waals surface area contributed by atoms with Gasteiger partial charge in [0.25, 0.3) is 0 Å². The van der Waals surface area contributed by atoms with Crippen LogP contribution in [0.2, 0.25) is 0 Å². The molecule has 2 aliphatic carbocycles. The molecule has 0 aromatic heterocycles. The molecule has 100 valence electrons. The first-order valence-corrected chi connectivity index (χ1v) is 7.30. The standard InChI is InChI=1S/C14H22N2O2/c1-2-3-11-14(18)16(8-12(17)15-11)13(9-4-5-9)10-6-7-10/h9-11,13H,2-8H2,1H3,(H,15,17). The third kappa shape index (κ3) is 2.25. The maximum absolute atomic E-state index is 12.5. The molecular weight excluding hydrogens is 228 g/mol. The van der Waals surface area contributed by atoms with E-state index in [1.807, 2.05) is 4.90 Å². The molecule has 2 amide bonds. The summed E-state index contributed by atoms with van der Waals surface area (Å²) in [4.78, 5) is 26.2. The fraction of sp³-hybridized carbons (Fsp3) is 0.857. The topological polar surface area (TPSA) is 49.4 Å². The Morgan fingerprint density at radius 3 is 2.33 bits per heavy atom. The molecule has 3 rings (SSSR count). The summed E-state index contributed by atoms with van der Waals surface area (Å²) in [5.41, 5.74) is 0. The summed E-state index contributed by atoms with van der Waals surface area (Å²) in [6, 6.07) is 0.0964. The molecular formula is C14H22N2O2. The van der Waals surface area contributed by atoms with E-state index in [4.69, 9.17) is 0 Å². The smallest absolute Gasteiger partial charge is 0.245 e. The molecule has 4 nitrogen and oxygen atoms in total. The number of rotatable bonds is 5. The summed E-state index contributed by atoms with van der Waals surface area (Å²) < 4.78 is 0. The zero-order valence-corrected chi connectivity index (χ0v) is 11.0. The zero-order chi connectivity index (χ0) is 12.7. The Bertz CT molecular complexity index is 349. The number of nitrogens with one attached hydrogen (secondary N) is 1. The Labute approximate surface area is 108 Å². The number of hydrogen-bond acceptors (Lipinski definition) is 2. The molecule has 3 aliphatic rings. The van der Waals surface area contributed by atoms with Crippen molar-refractivity contribution in [3.63, 3.8) is 0 Å². The van der Waals surface area contributed by atoms with Gasteiger partial charge in [-0.05, 0) is 43.9 Å². The fourth-order valence-electron chi connectivity index (χ4n) is 3.24. The van der Waals surface area contributed by atoms with Gasteiger partial charge in [0.15, 0.2) is 0 Å². The minimum Gasteiger partial charge on any atom is -0.343 e. The molecule has 18 heavy (non-hydrogen) atoms. The molecule has 0 spiro atoms.